The van der Waals surface area contributed by atoms with E-state index in [2.05, 4.69) is 15.5 Å². The fourth-order valence-corrected chi connectivity index (χ4v) is 2.54. The number of ether oxygens (including phenoxy) is 1. The molecule has 1 heterocycles. The lowest BCUT2D eigenvalue weighted by Gasteiger charge is -2.11. The first kappa shape index (κ1) is 16.1. The molecule has 24 heavy (non-hydrogen) atoms. The Bertz CT molecular complexity index is 756. The Morgan fingerprint density at radius 2 is 1.79 bits per heavy atom. The van der Waals surface area contributed by atoms with Gasteiger partial charge in [-0.15, -0.1) is 5.10 Å². The molecule has 6 nitrogen and oxygen atoms in total. The normalized spacial score (nSPS) is 12.1. The van der Waals surface area contributed by atoms with Crippen molar-refractivity contribution in [2.75, 3.05) is 7.11 Å². The molecule has 1 N–H and O–H groups in total. The first-order valence-corrected chi connectivity index (χ1v) is 7.87. The zero-order chi connectivity index (χ0) is 16.8. The van der Waals surface area contributed by atoms with E-state index in [0.717, 1.165) is 17.7 Å². The Balaban J connectivity index is 1.65. The highest BCUT2D eigenvalue weighted by atomic mass is 16.5. The highest BCUT2D eigenvalue weighted by Gasteiger charge is 2.16. The van der Waals surface area contributed by atoms with Crippen molar-refractivity contribution < 1.29 is 9.84 Å². The quantitative estimate of drug-likeness (QED) is 0.722. The summed E-state index contributed by atoms with van der Waals surface area (Å²) >= 11 is 0. The highest BCUT2D eigenvalue weighted by Crippen LogP contribution is 2.18. The minimum absolute atomic E-state index is 0.488. The van der Waals surface area contributed by atoms with E-state index in [1.54, 1.807) is 11.8 Å². The fraction of sp³-hybridized carbons (Fsp3) is 0.278. The van der Waals surface area contributed by atoms with Gasteiger partial charge in [-0.3, -0.25) is 0 Å². The summed E-state index contributed by atoms with van der Waals surface area (Å²) in [7, 11) is 1.64. The molecule has 0 aliphatic heterocycles. The van der Waals surface area contributed by atoms with Crippen LogP contribution in [0.2, 0.25) is 0 Å². The van der Waals surface area contributed by atoms with E-state index < -0.39 is 6.10 Å². The summed E-state index contributed by atoms with van der Waals surface area (Å²) in [6.07, 6.45) is 0.656. The van der Waals surface area contributed by atoms with E-state index in [0.29, 0.717) is 18.8 Å². The van der Waals surface area contributed by atoms with Crippen molar-refractivity contribution in [3.8, 4) is 5.75 Å². The van der Waals surface area contributed by atoms with Gasteiger partial charge < -0.3 is 9.84 Å². The number of hydrogen-bond acceptors (Lipinski definition) is 5. The van der Waals surface area contributed by atoms with Crippen molar-refractivity contribution in [2.24, 2.45) is 0 Å². The number of hydrogen-bond donors (Lipinski definition) is 1. The largest absolute Gasteiger partial charge is 0.497 e. The van der Waals surface area contributed by atoms with Gasteiger partial charge in [0.25, 0.3) is 0 Å². The number of methoxy groups -OCH3 is 1. The Morgan fingerprint density at radius 3 is 2.50 bits per heavy atom. The van der Waals surface area contributed by atoms with E-state index in [-0.39, 0.29) is 0 Å². The van der Waals surface area contributed by atoms with Gasteiger partial charge in [-0.25, -0.2) is 4.68 Å². The van der Waals surface area contributed by atoms with E-state index in [9.17, 15) is 5.11 Å². The second kappa shape index (κ2) is 7.70. The molecule has 0 saturated heterocycles. The lowest BCUT2D eigenvalue weighted by molar-refractivity contribution is 0.152. The zero-order valence-electron chi connectivity index (χ0n) is 13.5. The van der Waals surface area contributed by atoms with Gasteiger partial charge in [0.2, 0.25) is 0 Å². The Hall–Kier alpha value is -2.73. The molecule has 3 aromatic rings. The topological polar surface area (TPSA) is 73.1 Å². The van der Waals surface area contributed by atoms with Gasteiger partial charge >= 0.3 is 0 Å². The van der Waals surface area contributed by atoms with Crippen molar-refractivity contribution in [1.82, 2.24) is 20.2 Å². The van der Waals surface area contributed by atoms with E-state index in [4.69, 9.17) is 4.74 Å². The third-order valence-electron chi connectivity index (χ3n) is 3.90. The van der Waals surface area contributed by atoms with Gasteiger partial charge in [0.05, 0.1) is 13.7 Å². The predicted octanol–water partition coefficient (Wildman–Crippen LogP) is 2.40. The van der Waals surface area contributed by atoms with Gasteiger partial charge in [0, 0.05) is 0 Å². The molecular weight excluding hydrogens is 304 g/mol. The Labute approximate surface area is 140 Å². The maximum atomic E-state index is 10.4. The van der Waals surface area contributed by atoms with E-state index in [1.807, 2.05) is 54.6 Å². The van der Waals surface area contributed by atoms with Crippen molar-refractivity contribution in [1.29, 1.82) is 0 Å². The summed E-state index contributed by atoms with van der Waals surface area (Å²) < 4.78 is 6.79. The summed E-state index contributed by atoms with van der Waals surface area (Å²) in [6.45, 7) is 0.509. The number of nitrogens with zero attached hydrogens (tertiary/aromatic N) is 4. The van der Waals surface area contributed by atoms with Crippen molar-refractivity contribution in [3.63, 3.8) is 0 Å². The van der Waals surface area contributed by atoms with E-state index >= 15 is 0 Å². The Morgan fingerprint density at radius 1 is 1.04 bits per heavy atom. The molecule has 1 aromatic heterocycles. The smallest absolute Gasteiger partial charge is 0.180 e. The first-order chi connectivity index (χ1) is 11.8. The highest BCUT2D eigenvalue weighted by molar-refractivity contribution is 5.27. The van der Waals surface area contributed by atoms with E-state index in [1.165, 1.54) is 5.56 Å². The average molecular weight is 324 g/mol. The molecule has 0 aliphatic carbocycles. The van der Waals surface area contributed by atoms with Crippen molar-refractivity contribution in [3.05, 3.63) is 71.5 Å². The molecule has 0 spiro atoms. The SMILES string of the molecule is COc1ccc(Cn2nnnc2C(O)CCc2ccccc2)cc1. The van der Waals surface area contributed by atoms with Gasteiger partial charge in [0.15, 0.2) is 5.82 Å². The number of aliphatic hydroxyl groups excluding tert-OH is 1. The molecule has 2 aromatic carbocycles. The van der Waals surface area contributed by atoms with Crippen molar-refractivity contribution >= 4 is 0 Å². The third-order valence-corrected chi connectivity index (χ3v) is 3.90. The fourth-order valence-electron chi connectivity index (χ4n) is 2.54. The number of rotatable bonds is 7. The molecule has 0 amide bonds. The lowest BCUT2D eigenvalue weighted by atomic mass is 10.1. The number of aromatic nitrogens is 4. The summed E-state index contributed by atoms with van der Waals surface area (Å²) in [5.41, 5.74) is 2.23. The average Bonchev–Trinajstić information content (AvgIpc) is 3.09. The van der Waals surface area contributed by atoms with Crippen LogP contribution in [-0.2, 0) is 13.0 Å². The lowest BCUT2D eigenvalue weighted by Crippen LogP contribution is -2.12. The zero-order valence-corrected chi connectivity index (χ0v) is 13.5. The molecule has 0 fully saturated rings. The molecule has 6 heteroatoms. The summed E-state index contributed by atoms with van der Waals surface area (Å²) in [5, 5.41) is 22.1. The molecule has 1 unspecified atom stereocenters. The van der Waals surface area contributed by atoms with Crippen molar-refractivity contribution in [2.45, 2.75) is 25.5 Å². The van der Waals surface area contributed by atoms with Gasteiger partial charge in [-0.05, 0) is 46.5 Å². The molecule has 0 saturated carbocycles. The minimum atomic E-state index is -0.696. The van der Waals surface area contributed by atoms with Crippen LogP contribution in [0.4, 0.5) is 0 Å². The Kier molecular flexibility index (Phi) is 5.18. The predicted molar refractivity (Wildman–Crippen MR) is 89.6 cm³/mol. The second-order valence-corrected chi connectivity index (χ2v) is 5.58. The van der Waals surface area contributed by atoms with Gasteiger partial charge in [0.1, 0.15) is 11.9 Å². The van der Waals surface area contributed by atoms with Crippen LogP contribution in [0.5, 0.6) is 5.75 Å². The van der Waals surface area contributed by atoms with Crippen LogP contribution in [-0.4, -0.2) is 32.4 Å². The summed E-state index contributed by atoms with van der Waals surface area (Å²) in [4.78, 5) is 0. The van der Waals surface area contributed by atoms with Gasteiger partial charge in [-0.2, -0.15) is 0 Å². The molecule has 0 aliphatic rings. The molecule has 3 rings (SSSR count). The number of aryl methyl sites for hydroxylation is 1. The van der Waals surface area contributed by atoms with Gasteiger partial charge in [-0.1, -0.05) is 42.5 Å². The monoisotopic (exact) mass is 324 g/mol. The second-order valence-electron chi connectivity index (χ2n) is 5.58. The first-order valence-electron chi connectivity index (χ1n) is 7.87. The van der Waals surface area contributed by atoms with Crippen LogP contribution in [0.25, 0.3) is 0 Å². The van der Waals surface area contributed by atoms with Crippen LogP contribution < -0.4 is 4.74 Å². The number of aliphatic hydroxyl groups is 1. The third kappa shape index (κ3) is 3.97. The van der Waals surface area contributed by atoms with Crippen LogP contribution >= 0.6 is 0 Å². The van der Waals surface area contributed by atoms with Crippen LogP contribution in [0.1, 0.15) is 29.5 Å². The molecule has 124 valence electrons. The maximum Gasteiger partial charge on any atom is 0.180 e. The van der Waals surface area contributed by atoms with Crippen LogP contribution in [0.3, 0.4) is 0 Å². The number of benzene rings is 2. The van der Waals surface area contributed by atoms with Crippen LogP contribution in [0, 0.1) is 0 Å². The molecule has 1 atom stereocenters. The summed E-state index contributed by atoms with van der Waals surface area (Å²) in [5.74, 6) is 1.29. The number of tetrazole rings is 1. The summed E-state index contributed by atoms with van der Waals surface area (Å²) in [6, 6.07) is 17.8. The molecule has 0 bridgehead atoms. The molecule has 0 radical (unpaired) electrons. The molecular formula is C18H20N4O2. The maximum absolute atomic E-state index is 10.4. The minimum Gasteiger partial charge on any atom is -0.497 e. The van der Waals surface area contributed by atoms with Crippen LogP contribution in [0.15, 0.2) is 54.6 Å². The standard InChI is InChI=1S/C18H20N4O2/c1-24-16-10-7-15(8-11-16)13-22-18(19-20-21-22)17(23)12-9-14-5-3-2-4-6-14/h2-8,10-11,17,23H,9,12-13H2,1H3.